The van der Waals surface area contributed by atoms with E-state index in [-0.39, 0.29) is 13.2 Å². The van der Waals surface area contributed by atoms with Crippen molar-refractivity contribution in [3.05, 3.63) is 36.1 Å². The molecule has 0 aliphatic carbocycles. The van der Waals surface area contributed by atoms with Gasteiger partial charge in [0.25, 0.3) is 0 Å². The fraction of sp³-hybridized carbons (Fsp3) is 0.429. The molecule has 7 nitrogen and oxygen atoms in total. The second-order valence-electron chi connectivity index (χ2n) is 4.85. The summed E-state index contributed by atoms with van der Waals surface area (Å²) in [5, 5.41) is 22.7. The van der Waals surface area contributed by atoms with E-state index in [0.29, 0.717) is 37.6 Å². The first kappa shape index (κ1) is 15.1. The Hall–Kier alpha value is -2.28. The highest BCUT2D eigenvalue weighted by atomic mass is 16.5. The Balaban J connectivity index is 2.32. The molecule has 1 aliphatic rings. The molecule has 2 N–H and O–H groups in total. The van der Waals surface area contributed by atoms with E-state index in [0.717, 1.165) is 11.3 Å². The Morgan fingerprint density at radius 2 is 2.29 bits per heavy atom. The first-order chi connectivity index (χ1) is 10.1. The Morgan fingerprint density at radius 3 is 2.90 bits per heavy atom. The van der Waals surface area contributed by atoms with Gasteiger partial charge in [-0.1, -0.05) is 19.2 Å². The molecule has 2 heterocycles. The summed E-state index contributed by atoms with van der Waals surface area (Å²) in [6, 6.07) is 0. The van der Waals surface area contributed by atoms with Crippen molar-refractivity contribution >= 4 is 6.09 Å². The van der Waals surface area contributed by atoms with Crippen LogP contribution in [0.25, 0.3) is 0 Å². The number of amides is 1. The molecule has 0 saturated carbocycles. The molecule has 21 heavy (non-hydrogen) atoms. The normalized spacial score (nSPS) is 13.7. The standard InChI is InChI=1S/C14H19N3O4/c1-3-6-21-13-11-8-16(14(19)20)5-4-12(11)15-17(13)7-10(2)9-18/h3,18H,1-2,4-9H2,(H,19,20). The van der Waals surface area contributed by atoms with E-state index in [2.05, 4.69) is 18.3 Å². The number of nitrogens with zero attached hydrogens (tertiary/aromatic N) is 3. The number of ether oxygens (including phenoxy) is 1. The van der Waals surface area contributed by atoms with E-state index < -0.39 is 6.09 Å². The van der Waals surface area contributed by atoms with Crippen LogP contribution in [0, 0.1) is 0 Å². The maximum absolute atomic E-state index is 11.1. The molecule has 114 valence electrons. The SMILES string of the molecule is C=CCOc1c2c(nn1CC(=C)CO)CCN(C(=O)O)C2. The van der Waals surface area contributed by atoms with Gasteiger partial charge in [0.15, 0.2) is 0 Å². The van der Waals surface area contributed by atoms with Crippen molar-refractivity contribution < 1.29 is 19.7 Å². The molecule has 0 spiro atoms. The number of carbonyl (C=O) groups is 1. The van der Waals surface area contributed by atoms with Gasteiger partial charge in [0, 0.05) is 13.0 Å². The van der Waals surface area contributed by atoms with E-state index in [4.69, 9.17) is 14.9 Å². The number of hydrogen-bond acceptors (Lipinski definition) is 4. The van der Waals surface area contributed by atoms with Gasteiger partial charge in [-0.05, 0) is 5.57 Å². The van der Waals surface area contributed by atoms with Crippen molar-refractivity contribution in [2.24, 2.45) is 0 Å². The molecule has 1 aromatic rings. The third kappa shape index (κ3) is 3.25. The van der Waals surface area contributed by atoms with Crippen LogP contribution in [0.4, 0.5) is 4.79 Å². The lowest BCUT2D eigenvalue weighted by atomic mass is 10.1. The predicted octanol–water partition coefficient (Wildman–Crippen LogP) is 1.03. The van der Waals surface area contributed by atoms with Gasteiger partial charge in [0.05, 0.1) is 31.0 Å². The predicted molar refractivity (Wildman–Crippen MR) is 76.3 cm³/mol. The van der Waals surface area contributed by atoms with Gasteiger partial charge in [-0.2, -0.15) is 5.10 Å². The molecule has 0 unspecified atom stereocenters. The van der Waals surface area contributed by atoms with Crippen LogP contribution in [0.5, 0.6) is 5.88 Å². The number of hydrogen-bond donors (Lipinski definition) is 2. The lowest BCUT2D eigenvalue weighted by molar-refractivity contribution is 0.139. The molecule has 1 amide bonds. The van der Waals surface area contributed by atoms with Gasteiger partial charge in [0.2, 0.25) is 5.88 Å². The number of rotatable bonds is 6. The number of carboxylic acid groups (broad SMARTS) is 1. The van der Waals surface area contributed by atoms with Crippen molar-refractivity contribution in [2.45, 2.75) is 19.5 Å². The number of aromatic nitrogens is 2. The molecule has 1 aromatic heterocycles. The van der Waals surface area contributed by atoms with Crippen molar-refractivity contribution in [3.8, 4) is 5.88 Å². The maximum Gasteiger partial charge on any atom is 0.407 e. The quantitative estimate of drug-likeness (QED) is 0.765. The molecule has 0 saturated heterocycles. The van der Waals surface area contributed by atoms with Gasteiger partial charge in [0.1, 0.15) is 6.61 Å². The average molecular weight is 293 g/mol. The smallest absolute Gasteiger partial charge is 0.407 e. The molecule has 0 bridgehead atoms. The van der Waals surface area contributed by atoms with Gasteiger partial charge in [-0.3, -0.25) is 0 Å². The number of aliphatic hydroxyl groups is 1. The summed E-state index contributed by atoms with van der Waals surface area (Å²) in [5.74, 6) is 0.519. The van der Waals surface area contributed by atoms with Crippen molar-refractivity contribution in [1.29, 1.82) is 0 Å². The topological polar surface area (TPSA) is 87.8 Å². The average Bonchev–Trinajstić information content (AvgIpc) is 2.81. The van der Waals surface area contributed by atoms with E-state index in [9.17, 15) is 4.79 Å². The van der Waals surface area contributed by atoms with Gasteiger partial charge in [-0.25, -0.2) is 9.48 Å². The van der Waals surface area contributed by atoms with Gasteiger partial charge >= 0.3 is 6.09 Å². The highest BCUT2D eigenvalue weighted by Gasteiger charge is 2.28. The molecular formula is C14H19N3O4. The second-order valence-corrected chi connectivity index (χ2v) is 4.85. The van der Waals surface area contributed by atoms with Crippen molar-refractivity contribution in [2.75, 3.05) is 19.8 Å². The molecule has 0 fully saturated rings. The Bertz CT molecular complexity index is 565. The maximum atomic E-state index is 11.1. The van der Waals surface area contributed by atoms with E-state index in [1.807, 2.05) is 0 Å². The molecule has 2 rings (SSSR count). The van der Waals surface area contributed by atoms with Crippen LogP contribution in [0.2, 0.25) is 0 Å². The van der Waals surface area contributed by atoms with Crippen LogP contribution < -0.4 is 4.74 Å². The van der Waals surface area contributed by atoms with Crippen LogP contribution in [0.1, 0.15) is 11.3 Å². The van der Waals surface area contributed by atoms with Crippen LogP contribution in [-0.2, 0) is 19.5 Å². The monoisotopic (exact) mass is 293 g/mol. The van der Waals surface area contributed by atoms with Gasteiger partial charge < -0.3 is 19.8 Å². The minimum absolute atomic E-state index is 0.132. The molecule has 0 aromatic carbocycles. The summed E-state index contributed by atoms with van der Waals surface area (Å²) >= 11 is 0. The first-order valence-electron chi connectivity index (χ1n) is 6.64. The molecule has 0 radical (unpaired) electrons. The molecule has 0 atom stereocenters. The van der Waals surface area contributed by atoms with Gasteiger partial charge in [-0.15, -0.1) is 0 Å². The highest BCUT2D eigenvalue weighted by molar-refractivity contribution is 5.65. The Kier molecular flexibility index (Phi) is 4.64. The van der Waals surface area contributed by atoms with E-state index >= 15 is 0 Å². The van der Waals surface area contributed by atoms with E-state index in [1.165, 1.54) is 4.90 Å². The van der Waals surface area contributed by atoms with E-state index in [1.54, 1.807) is 10.8 Å². The number of aliphatic hydroxyl groups excluding tert-OH is 1. The first-order valence-corrected chi connectivity index (χ1v) is 6.64. The molecule has 1 aliphatic heterocycles. The largest absolute Gasteiger partial charge is 0.473 e. The Morgan fingerprint density at radius 1 is 1.52 bits per heavy atom. The highest BCUT2D eigenvalue weighted by Crippen LogP contribution is 2.29. The summed E-state index contributed by atoms with van der Waals surface area (Å²) in [6.07, 6.45) is 1.20. The van der Waals surface area contributed by atoms with Crippen molar-refractivity contribution in [1.82, 2.24) is 14.7 Å². The summed E-state index contributed by atoms with van der Waals surface area (Å²) < 4.78 is 7.26. The van der Waals surface area contributed by atoms with Crippen molar-refractivity contribution in [3.63, 3.8) is 0 Å². The van der Waals surface area contributed by atoms with Crippen LogP contribution in [-0.4, -0.2) is 50.7 Å². The lowest BCUT2D eigenvalue weighted by Crippen LogP contribution is -2.34. The van der Waals surface area contributed by atoms with Crippen LogP contribution in [0.3, 0.4) is 0 Å². The summed E-state index contributed by atoms with van der Waals surface area (Å²) in [7, 11) is 0. The zero-order valence-electron chi connectivity index (χ0n) is 11.8. The Labute approximate surface area is 122 Å². The van der Waals surface area contributed by atoms with Crippen LogP contribution in [0.15, 0.2) is 24.8 Å². The zero-order valence-corrected chi connectivity index (χ0v) is 11.8. The van der Waals surface area contributed by atoms with Crippen LogP contribution >= 0.6 is 0 Å². The number of fused-ring (bicyclic) bond motifs is 1. The minimum atomic E-state index is -0.956. The summed E-state index contributed by atoms with van der Waals surface area (Å²) in [4.78, 5) is 12.4. The third-order valence-electron chi connectivity index (χ3n) is 3.26. The molecular weight excluding hydrogens is 274 g/mol. The molecule has 7 heteroatoms. The minimum Gasteiger partial charge on any atom is -0.473 e. The fourth-order valence-electron chi connectivity index (χ4n) is 2.23. The summed E-state index contributed by atoms with van der Waals surface area (Å²) in [5.41, 5.74) is 2.21. The second kappa shape index (κ2) is 6.45. The fourth-order valence-corrected chi connectivity index (χ4v) is 2.23. The lowest BCUT2D eigenvalue weighted by Gasteiger charge is -2.23. The summed E-state index contributed by atoms with van der Waals surface area (Å²) in [6.45, 7) is 8.53. The zero-order chi connectivity index (χ0) is 15.4. The third-order valence-corrected chi connectivity index (χ3v) is 3.26.